The number of nitrogens with one attached hydrogen (secondary N) is 1. The zero-order chi connectivity index (χ0) is 27.3. The normalized spacial score (nSPS) is 14.6. The van der Waals surface area contributed by atoms with Crippen molar-refractivity contribution in [1.29, 1.82) is 5.26 Å². The molecule has 0 bridgehead atoms. The molecule has 0 fully saturated rings. The molecule has 1 N–H and O–H groups in total. The molecule has 0 aliphatic carbocycles. The molecule has 0 radical (unpaired) electrons. The predicted molar refractivity (Wildman–Crippen MR) is 117 cm³/mol. The van der Waals surface area contributed by atoms with Crippen molar-refractivity contribution in [1.82, 2.24) is 9.78 Å². The van der Waals surface area contributed by atoms with Gasteiger partial charge in [-0.15, -0.1) is 6.58 Å². The molecule has 0 amide bonds. The van der Waals surface area contributed by atoms with Gasteiger partial charge in [0.05, 0.1) is 16.3 Å². The second-order valence-corrected chi connectivity index (χ2v) is 12.0. The lowest BCUT2D eigenvalue weighted by Gasteiger charge is -2.40. The van der Waals surface area contributed by atoms with E-state index >= 15 is 0 Å². The molecule has 0 spiro atoms. The average Bonchev–Trinajstić information content (AvgIpc) is 2.98. The van der Waals surface area contributed by atoms with Gasteiger partial charge in [0, 0.05) is 6.54 Å². The number of anilines is 2. The topological polar surface area (TPSA) is 91.0 Å². The largest absolute Gasteiger partial charge is 0.407 e. The Morgan fingerprint density at radius 2 is 1.74 bits per heavy atom. The van der Waals surface area contributed by atoms with Crippen LogP contribution in [0, 0.1) is 11.3 Å². The van der Waals surface area contributed by atoms with Crippen LogP contribution in [0.4, 0.5) is 44.1 Å². The molecule has 0 saturated carbocycles. The van der Waals surface area contributed by atoms with Crippen LogP contribution in [0.1, 0.15) is 5.69 Å². The van der Waals surface area contributed by atoms with E-state index in [0.29, 0.717) is 10.9 Å². The maximum Gasteiger partial charge on any atom is 0.407 e. The van der Waals surface area contributed by atoms with Gasteiger partial charge in [0.2, 0.25) is 10.0 Å². The maximum atomic E-state index is 13.2. The summed E-state index contributed by atoms with van der Waals surface area (Å²) < 4.78 is 130. The second-order valence-electron chi connectivity index (χ2n) is 6.83. The molecule has 19 heteroatoms. The Morgan fingerprint density at radius 1 is 1.23 bits per heavy atom. The molecule has 0 unspecified atom stereocenters. The summed E-state index contributed by atoms with van der Waals surface area (Å²) in [7, 11) is -15.0. The molecule has 0 atom stereocenters. The lowest BCUT2D eigenvalue weighted by Crippen LogP contribution is -2.39. The van der Waals surface area contributed by atoms with E-state index in [4.69, 9.17) is 23.2 Å². The highest BCUT2D eigenvalue weighted by Gasteiger charge is 2.65. The van der Waals surface area contributed by atoms with Gasteiger partial charge in [-0.2, -0.15) is 23.5 Å². The molecular formula is C16H13Cl2F8N5O2S2. The first-order chi connectivity index (χ1) is 15.5. The third-order valence-corrected chi connectivity index (χ3v) is 6.82. The summed E-state index contributed by atoms with van der Waals surface area (Å²) in [4.78, 5) is -2.47. The van der Waals surface area contributed by atoms with E-state index in [9.17, 15) is 46.3 Å². The van der Waals surface area contributed by atoms with Crippen LogP contribution in [-0.2, 0) is 10.0 Å². The minimum absolute atomic E-state index is 0.181. The average molecular weight is 594 g/mol. The third kappa shape index (κ3) is 6.63. The van der Waals surface area contributed by atoms with Crippen molar-refractivity contribution in [3.8, 4) is 11.8 Å². The lowest BCUT2D eigenvalue weighted by atomic mass is 10.3. The zero-order valence-corrected chi connectivity index (χ0v) is 20.2. The van der Waals surface area contributed by atoms with Gasteiger partial charge < -0.3 is 5.32 Å². The van der Waals surface area contributed by atoms with Gasteiger partial charge in [0.15, 0.2) is 11.5 Å². The van der Waals surface area contributed by atoms with Gasteiger partial charge in [0.1, 0.15) is 28.9 Å². The molecule has 1 aromatic carbocycles. The van der Waals surface area contributed by atoms with Crippen molar-refractivity contribution in [2.75, 3.05) is 29.0 Å². The lowest BCUT2D eigenvalue weighted by molar-refractivity contribution is -0.117. The highest BCUT2D eigenvalue weighted by atomic mass is 35.5. The first kappa shape index (κ1) is 28.8. The van der Waals surface area contributed by atoms with Crippen LogP contribution in [0.25, 0.3) is 5.69 Å². The minimum atomic E-state index is -10.3. The van der Waals surface area contributed by atoms with Crippen LogP contribution in [0.2, 0.25) is 10.0 Å². The summed E-state index contributed by atoms with van der Waals surface area (Å²) >= 11 is 11.6. The van der Waals surface area contributed by atoms with Crippen LogP contribution in [0.3, 0.4) is 0 Å². The highest BCUT2D eigenvalue weighted by molar-refractivity contribution is 8.45. The van der Waals surface area contributed by atoms with E-state index in [1.807, 2.05) is 0 Å². The van der Waals surface area contributed by atoms with E-state index in [1.54, 1.807) is 0 Å². The molecule has 0 aliphatic heterocycles. The van der Waals surface area contributed by atoms with Crippen LogP contribution < -0.4 is 9.62 Å². The van der Waals surface area contributed by atoms with Gasteiger partial charge in [0.25, 0.3) is 0 Å². The molecule has 1 aromatic heterocycles. The Balaban J connectivity index is 2.97. The van der Waals surface area contributed by atoms with E-state index in [-0.39, 0.29) is 23.0 Å². The number of nitrogens with zero attached hydrogens (tertiary/aromatic N) is 4. The SMILES string of the molecule is C=CCNc1c(N(CC(F)(F)F)S(C)(=O)=O)c(C#N)nn1-c1c(Cl)cc(S(F)(F)(F)(F)F)cc1Cl. The van der Waals surface area contributed by atoms with Crippen molar-refractivity contribution >= 4 is 55.0 Å². The third-order valence-electron chi connectivity index (χ3n) is 4.00. The van der Waals surface area contributed by atoms with Crippen molar-refractivity contribution in [2.45, 2.75) is 11.1 Å². The molecule has 196 valence electrons. The fourth-order valence-corrected chi connectivity index (χ4v) is 5.05. The molecule has 35 heavy (non-hydrogen) atoms. The van der Waals surface area contributed by atoms with Crippen molar-refractivity contribution in [3.63, 3.8) is 0 Å². The smallest absolute Gasteiger partial charge is 0.365 e. The zero-order valence-electron chi connectivity index (χ0n) is 17.1. The summed E-state index contributed by atoms with van der Waals surface area (Å²) in [6.07, 6.45) is -3.55. The molecule has 2 rings (SSSR count). The number of benzene rings is 1. The number of halogens is 10. The Bertz CT molecular complexity index is 1310. The van der Waals surface area contributed by atoms with Crippen LogP contribution in [-0.4, -0.2) is 43.7 Å². The first-order valence-corrected chi connectivity index (χ1v) is 13.2. The number of rotatable bonds is 8. The molecule has 2 aromatic rings. The fraction of sp³-hybridized carbons (Fsp3) is 0.250. The number of nitriles is 1. The van der Waals surface area contributed by atoms with E-state index < -0.39 is 70.8 Å². The van der Waals surface area contributed by atoms with Gasteiger partial charge in [-0.3, -0.25) is 4.31 Å². The van der Waals surface area contributed by atoms with Crippen LogP contribution >= 0.6 is 33.4 Å². The number of hydrogen-bond donors (Lipinski definition) is 1. The number of aromatic nitrogens is 2. The quantitative estimate of drug-likeness (QED) is 0.274. The van der Waals surface area contributed by atoms with Gasteiger partial charge in [-0.25, -0.2) is 13.1 Å². The monoisotopic (exact) mass is 593 g/mol. The highest BCUT2D eigenvalue weighted by Crippen LogP contribution is 3.02. The molecule has 0 aliphatic rings. The van der Waals surface area contributed by atoms with Gasteiger partial charge in [-0.05, 0) is 12.1 Å². The van der Waals surface area contributed by atoms with Crippen LogP contribution in [0.5, 0.6) is 0 Å². The second kappa shape index (κ2) is 8.32. The van der Waals surface area contributed by atoms with Crippen molar-refractivity contribution in [3.05, 3.63) is 40.5 Å². The van der Waals surface area contributed by atoms with E-state index in [2.05, 4.69) is 17.0 Å². The molecule has 7 nitrogen and oxygen atoms in total. The summed E-state index contributed by atoms with van der Waals surface area (Å²) in [5.74, 6) is -0.681. The predicted octanol–water partition coefficient (Wildman–Crippen LogP) is 6.63. The summed E-state index contributed by atoms with van der Waals surface area (Å²) in [5, 5.41) is 13.3. The van der Waals surface area contributed by atoms with Gasteiger partial charge in [-0.1, -0.05) is 48.7 Å². The molecular weight excluding hydrogens is 581 g/mol. The Labute approximate surface area is 203 Å². The summed E-state index contributed by atoms with van der Waals surface area (Å²) in [5.41, 5.74) is -2.64. The number of hydrogen-bond acceptors (Lipinski definition) is 5. The summed E-state index contributed by atoms with van der Waals surface area (Å²) in [6, 6.07) is 1.01. The van der Waals surface area contributed by atoms with Crippen molar-refractivity contribution < 1.29 is 41.0 Å². The minimum Gasteiger partial charge on any atom is -0.365 e. The Kier molecular flexibility index (Phi) is 6.85. The molecule has 0 saturated heterocycles. The van der Waals surface area contributed by atoms with E-state index in [1.165, 1.54) is 6.07 Å². The van der Waals surface area contributed by atoms with Gasteiger partial charge >= 0.3 is 16.4 Å². The summed E-state index contributed by atoms with van der Waals surface area (Å²) in [6.45, 7) is 0.954. The maximum absolute atomic E-state index is 13.2. The first-order valence-electron chi connectivity index (χ1n) is 8.66. The van der Waals surface area contributed by atoms with Crippen LogP contribution in [0.15, 0.2) is 29.7 Å². The van der Waals surface area contributed by atoms with Crippen molar-refractivity contribution in [2.24, 2.45) is 0 Å². The molecule has 1 heterocycles. The van der Waals surface area contributed by atoms with E-state index in [0.717, 1.165) is 6.08 Å². The fourth-order valence-electron chi connectivity index (χ4n) is 2.70. The standard InChI is InChI=1S/C16H13Cl2F8N5O2S2/c1-3-4-28-15-14(30(34(2,32)33)8-16(19,20)21)12(7-27)29-31(15)13-10(17)5-9(6-11(13)18)35(22,23,24,25)26/h3,5-6,28H,1,4,8H2,2H3. The Hall–Kier alpha value is -2.42. The Morgan fingerprint density at radius 3 is 2.11 bits per heavy atom. The number of sulfonamides is 1. The number of alkyl halides is 3.